The van der Waals surface area contributed by atoms with Gasteiger partial charge in [0.1, 0.15) is 0 Å². The zero-order chi connectivity index (χ0) is 11.3. The molecular formula is C11H24NOP. The number of rotatable bonds is 5. The molecule has 0 heterocycles. The number of nitrogens with one attached hydrogen (secondary N) is 1. The molecule has 84 valence electrons. The highest BCUT2D eigenvalue weighted by molar-refractivity contribution is 7.19. The Balaban J connectivity index is 4.15. The summed E-state index contributed by atoms with van der Waals surface area (Å²) in [5.41, 5.74) is 0.0304. The zero-order valence-electron chi connectivity index (χ0n) is 10.0. The Morgan fingerprint density at radius 1 is 1.21 bits per heavy atom. The van der Waals surface area contributed by atoms with E-state index in [1.54, 1.807) is 0 Å². The van der Waals surface area contributed by atoms with Gasteiger partial charge in [-0.2, -0.15) is 0 Å². The Morgan fingerprint density at radius 2 is 1.71 bits per heavy atom. The summed E-state index contributed by atoms with van der Waals surface area (Å²) in [4.78, 5) is 11.7. The van der Waals surface area contributed by atoms with Crippen molar-refractivity contribution in [1.82, 2.24) is 5.32 Å². The minimum Gasteiger partial charge on any atom is -0.353 e. The maximum absolute atomic E-state index is 11.7. The lowest BCUT2D eigenvalue weighted by atomic mass is 10.0. The van der Waals surface area contributed by atoms with Crippen molar-refractivity contribution in [3.05, 3.63) is 0 Å². The van der Waals surface area contributed by atoms with E-state index in [1.165, 1.54) is 0 Å². The number of carbonyl (C=O) groups excluding carboxylic acids is 1. The Morgan fingerprint density at radius 3 is 2.00 bits per heavy atom. The molecule has 0 spiro atoms. The van der Waals surface area contributed by atoms with Crippen LogP contribution in [0.3, 0.4) is 0 Å². The Hall–Kier alpha value is -0.100. The molecule has 14 heavy (non-hydrogen) atoms. The molecule has 3 heteroatoms. The summed E-state index contributed by atoms with van der Waals surface area (Å²) in [6.45, 7) is 10.5. The molecule has 0 aromatic heterocycles. The summed E-state index contributed by atoms with van der Waals surface area (Å²) in [5.74, 6) is 1.04. The molecule has 0 saturated carbocycles. The lowest BCUT2D eigenvalue weighted by Crippen LogP contribution is -2.43. The van der Waals surface area contributed by atoms with Crippen molar-refractivity contribution in [3.8, 4) is 0 Å². The van der Waals surface area contributed by atoms with Crippen LogP contribution in [0.2, 0.25) is 0 Å². The van der Waals surface area contributed by atoms with E-state index in [1.807, 2.05) is 0 Å². The Bertz CT molecular complexity index is 180. The molecule has 2 nitrogen and oxygen atoms in total. The number of hydrogen-bond acceptors (Lipinski definition) is 1. The molecule has 1 amide bonds. The summed E-state index contributed by atoms with van der Waals surface area (Å²) in [6.07, 6.45) is 0.999. The van der Waals surface area contributed by atoms with E-state index in [2.05, 4.69) is 49.2 Å². The van der Waals surface area contributed by atoms with Crippen LogP contribution >= 0.6 is 9.24 Å². The fourth-order valence-corrected chi connectivity index (χ4v) is 1.42. The van der Waals surface area contributed by atoms with Crippen molar-refractivity contribution in [1.29, 1.82) is 0 Å². The molecule has 0 saturated heterocycles. The van der Waals surface area contributed by atoms with Gasteiger partial charge in [0.05, 0.1) is 5.66 Å². The summed E-state index contributed by atoms with van der Waals surface area (Å²) in [7, 11) is 2.62. The van der Waals surface area contributed by atoms with Crippen LogP contribution in [0, 0.1) is 11.8 Å². The van der Waals surface area contributed by atoms with E-state index in [0.29, 0.717) is 17.9 Å². The highest BCUT2D eigenvalue weighted by Crippen LogP contribution is 2.14. The first kappa shape index (κ1) is 13.9. The molecule has 0 bridgehead atoms. The normalized spacial score (nSPS) is 15.7. The topological polar surface area (TPSA) is 29.1 Å². The molecule has 0 aliphatic carbocycles. The van der Waals surface area contributed by atoms with Crippen molar-refractivity contribution in [2.24, 2.45) is 11.8 Å². The van der Waals surface area contributed by atoms with E-state index in [4.69, 9.17) is 0 Å². The average Bonchev–Trinajstić information content (AvgIpc) is 2.11. The predicted octanol–water partition coefficient (Wildman–Crippen LogP) is 2.44. The number of carbonyl (C=O) groups is 1. The third-order valence-electron chi connectivity index (χ3n) is 2.59. The van der Waals surface area contributed by atoms with E-state index in [9.17, 15) is 4.79 Å². The van der Waals surface area contributed by atoms with E-state index < -0.39 is 0 Å². The molecule has 0 aliphatic heterocycles. The second-order valence-corrected chi connectivity index (χ2v) is 5.26. The summed E-state index contributed by atoms with van der Waals surface area (Å²) in [6, 6.07) is 0.310. The Kier molecular flexibility index (Phi) is 6.35. The van der Waals surface area contributed by atoms with Crippen molar-refractivity contribution >= 4 is 15.1 Å². The first-order valence-corrected chi connectivity index (χ1v) is 6.12. The predicted molar refractivity (Wildman–Crippen MR) is 65.4 cm³/mol. The summed E-state index contributed by atoms with van der Waals surface area (Å²) < 4.78 is 0. The summed E-state index contributed by atoms with van der Waals surface area (Å²) in [5, 5.41) is 3.09. The quantitative estimate of drug-likeness (QED) is 0.704. The Labute approximate surface area is 90.4 Å². The van der Waals surface area contributed by atoms with Crippen molar-refractivity contribution < 1.29 is 4.79 Å². The minimum atomic E-state index is 0.0304. The maximum Gasteiger partial charge on any atom is 0.227 e. The van der Waals surface area contributed by atoms with Crippen molar-refractivity contribution in [2.75, 3.05) is 0 Å². The molecule has 0 rings (SSSR count). The molecule has 1 N–H and O–H groups in total. The van der Waals surface area contributed by atoms with Gasteiger partial charge in [-0.15, -0.1) is 9.24 Å². The van der Waals surface area contributed by atoms with Crippen LogP contribution in [0.15, 0.2) is 0 Å². The van der Waals surface area contributed by atoms with Crippen LogP contribution in [-0.2, 0) is 4.79 Å². The minimum absolute atomic E-state index is 0.0304. The molecule has 0 aromatic carbocycles. The van der Waals surface area contributed by atoms with Gasteiger partial charge in [-0.3, -0.25) is 4.79 Å². The number of hydrogen-bond donors (Lipinski definition) is 1. The fourth-order valence-electron chi connectivity index (χ4n) is 1.32. The SMILES string of the molecule is CCC(NC(=O)C(P)C(C)C)C(C)C. The van der Waals surface area contributed by atoms with Crippen LogP contribution in [0.4, 0.5) is 0 Å². The highest BCUT2D eigenvalue weighted by atomic mass is 31.0. The van der Waals surface area contributed by atoms with Crippen LogP contribution in [0.25, 0.3) is 0 Å². The van der Waals surface area contributed by atoms with Gasteiger partial charge in [0.25, 0.3) is 0 Å². The summed E-state index contributed by atoms with van der Waals surface area (Å²) >= 11 is 0. The van der Waals surface area contributed by atoms with Gasteiger partial charge in [-0.05, 0) is 18.3 Å². The smallest absolute Gasteiger partial charge is 0.227 e. The first-order chi connectivity index (χ1) is 6.40. The van der Waals surface area contributed by atoms with Crippen molar-refractivity contribution in [2.45, 2.75) is 52.7 Å². The molecule has 0 aliphatic rings. The third-order valence-corrected chi connectivity index (χ3v) is 3.67. The van der Waals surface area contributed by atoms with Crippen LogP contribution in [0.1, 0.15) is 41.0 Å². The molecule has 0 radical (unpaired) electrons. The van der Waals surface area contributed by atoms with Gasteiger partial charge in [-0.1, -0.05) is 34.6 Å². The van der Waals surface area contributed by atoms with E-state index in [0.717, 1.165) is 6.42 Å². The molecule has 0 aromatic rings. The van der Waals surface area contributed by atoms with Crippen molar-refractivity contribution in [3.63, 3.8) is 0 Å². The zero-order valence-corrected chi connectivity index (χ0v) is 11.2. The molecule has 0 fully saturated rings. The van der Waals surface area contributed by atoms with Crippen LogP contribution < -0.4 is 5.32 Å². The monoisotopic (exact) mass is 217 g/mol. The average molecular weight is 217 g/mol. The van der Waals surface area contributed by atoms with Gasteiger partial charge >= 0.3 is 0 Å². The van der Waals surface area contributed by atoms with Gasteiger partial charge in [-0.25, -0.2) is 0 Å². The number of amides is 1. The van der Waals surface area contributed by atoms with E-state index in [-0.39, 0.29) is 11.6 Å². The molecular weight excluding hydrogens is 193 g/mol. The van der Waals surface area contributed by atoms with Gasteiger partial charge in [0.15, 0.2) is 0 Å². The van der Waals surface area contributed by atoms with Crippen LogP contribution in [-0.4, -0.2) is 17.6 Å². The van der Waals surface area contributed by atoms with E-state index >= 15 is 0 Å². The fraction of sp³-hybridized carbons (Fsp3) is 0.909. The lowest BCUT2D eigenvalue weighted by Gasteiger charge is -2.24. The third kappa shape index (κ3) is 4.41. The van der Waals surface area contributed by atoms with Gasteiger partial charge in [0.2, 0.25) is 5.91 Å². The second kappa shape index (κ2) is 6.40. The lowest BCUT2D eigenvalue weighted by molar-refractivity contribution is -0.122. The van der Waals surface area contributed by atoms with Gasteiger partial charge in [0, 0.05) is 6.04 Å². The second-order valence-electron chi connectivity index (χ2n) is 4.54. The largest absolute Gasteiger partial charge is 0.353 e. The first-order valence-electron chi connectivity index (χ1n) is 5.46. The highest BCUT2D eigenvalue weighted by Gasteiger charge is 2.20. The van der Waals surface area contributed by atoms with Crippen LogP contribution in [0.5, 0.6) is 0 Å². The molecule has 3 unspecified atom stereocenters. The maximum atomic E-state index is 11.7. The van der Waals surface area contributed by atoms with Gasteiger partial charge < -0.3 is 5.32 Å². The standard InChI is InChI=1S/C11H24NOP/c1-6-9(7(2)3)12-11(13)10(14)8(4)5/h7-10H,6,14H2,1-5H3,(H,12,13). The molecule has 3 atom stereocenters.